The molecule has 0 bridgehead atoms. The molecule has 1 unspecified atom stereocenters. The summed E-state index contributed by atoms with van der Waals surface area (Å²) in [5, 5.41) is 18.1. The molecule has 2 fully saturated rings. The first kappa shape index (κ1) is 29.5. The van der Waals surface area contributed by atoms with E-state index in [0.717, 1.165) is 25.7 Å². The minimum atomic E-state index is -1.44. The molecule has 11 heteroatoms. The molecule has 0 radical (unpaired) electrons. The molecule has 1 atom stereocenters. The van der Waals surface area contributed by atoms with Gasteiger partial charge in [0.05, 0.1) is 17.9 Å². The molecule has 10 nitrogen and oxygen atoms in total. The molecule has 3 heterocycles. The van der Waals surface area contributed by atoms with E-state index in [1.807, 2.05) is 20.8 Å². The smallest absolute Gasteiger partial charge is 0.410 e. The van der Waals surface area contributed by atoms with Crippen molar-refractivity contribution in [1.29, 1.82) is 0 Å². The van der Waals surface area contributed by atoms with Gasteiger partial charge in [0.2, 0.25) is 5.88 Å². The van der Waals surface area contributed by atoms with Crippen LogP contribution < -0.4 is 10.5 Å². The highest BCUT2D eigenvalue weighted by Crippen LogP contribution is 2.34. The van der Waals surface area contributed by atoms with Crippen molar-refractivity contribution in [3.8, 4) is 22.9 Å². The molecule has 1 saturated heterocycles. The number of aromatic nitrogens is 3. The highest BCUT2D eigenvalue weighted by atomic mass is 19.1. The van der Waals surface area contributed by atoms with Crippen molar-refractivity contribution in [2.75, 3.05) is 18.8 Å². The number of carbonyl (C=O) groups is 1. The number of ether oxygens (including phenoxy) is 3. The number of carbonyl (C=O) groups excluding carboxylic acids is 1. The number of anilines is 1. The standard InChI is InChI=1S/C31H38FN5O5/c1-31(2,3)42-30(39)37-12-9-20(10-13-37)40-21-16-22(17-21)41-28-15-19(8-11-34-28)14-25(32)24-18-26(35-36-29(24)33)23-6-4-5-7-27(23)38/h4-8,11,15,18,20-22,25,38H,9-10,12-14,16-17H2,1-3H3,(H2,33,36). The van der Waals surface area contributed by atoms with Gasteiger partial charge in [0, 0.05) is 55.7 Å². The van der Waals surface area contributed by atoms with Crippen molar-refractivity contribution in [2.45, 2.75) is 83.0 Å². The van der Waals surface area contributed by atoms with Crippen molar-refractivity contribution in [3.63, 3.8) is 0 Å². The molecule has 224 valence electrons. The van der Waals surface area contributed by atoms with E-state index in [1.54, 1.807) is 41.4 Å². The topological polar surface area (TPSA) is 133 Å². The normalized spacial score (nSPS) is 20.0. The highest BCUT2D eigenvalue weighted by Gasteiger charge is 2.35. The largest absolute Gasteiger partial charge is 0.507 e. The number of halogens is 1. The van der Waals surface area contributed by atoms with Crippen LogP contribution in [0, 0.1) is 0 Å². The molecular weight excluding hydrogens is 541 g/mol. The molecule has 1 aromatic carbocycles. The van der Waals surface area contributed by atoms with E-state index >= 15 is 4.39 Å². The summed E-state index contributed by atoms with van der Waals surface area (Å²) in [5.74, 6) is 0.467. The number of rotatable bonds is 8. The third-order valence-electron chi connectivity index (χ3n) is 7.40. The van der Waals surface area contributed by atoms with E-state index < -0.39 is 11.8 Å². The Labute approximate surface area is 245 Å². The van der Waals surface area contributed by atoms with Gasteiger partial charge in [-0.2, -0.15) is 0 Å². The van der Waals surface area contributed by atoms with Crippen LogP contribution in [0.25, 0.3) is 11.3 Å². The molecule has 1 amide bonds. The lowest BCUT2D eigenvalue weighted by Crippen LogP contribution is -2.46. The Morgan fingerprint density at radius 1 is 1.10 bits per heavy atom. The van der Waals surface area contributed by atoms with Crippen LogP contribution in [0.3, 0.4) is 0 Å². The van der Waals surface area contributed by atoms with Crippen LogP contribution in [0.5, 0.6) is 11.6 Å². The Morgan fingerprint density at radius 2 is 1.83 bits per heavy atom. The SMILES string of the molecule is CC(C)(C)OC(=O)N1CCC(OC2CC(Oc3cc(CC(F)c4cc(-c5ccccc5O)nnc4N)ccn3)C2)CC1. The molecule has 3 N–H and O–H groups in total. The van der Waals surface area contributed by atoms with Crippen molar-refractivity contribution in [3.05, 3.63) is 59.8 Å². The van der Waals surface area contributed by atoms with Gasteiger partial charge in [-0.3, -0.25) is 0 Å². The minimum absolute atomic E-state index is 0.00299. The Balaban J connectivity index is 1.09. The van der Waals surface area contributed by atoms with Gasteiger partial charge in [-0.15, -0.1) is 10.2 Å². The van der Waals surface area contributed by atoms with Crippen LogP contribution in [0.15, 0.2) is 48.7 Å². The second kappa shape index (κ2) is 12.5. The summed E-state index contributed by atoms with van der Waals surface area (Å²) in [7, 11) is 0. The van der Waals surface area contributed by atoms with Crippen molar-refractivity contribution < 1.29 is 28.5 Å². The fourth-order valence-electron chi connectivity index (χ4n) is 5.12. The maximum absolute atomic E-state index is 15.4. The molecule has 42 heavy (non-hydrogen) atoms. The molecule has 3 aromatic rings. The third kappa shape index (κ3) is 7.44. The van der Waals surface area contributed by atoms with E-state index in [9.17, 15) is 9.90 Å². The Hall–Kier alpha value is -3.99. The van der Waals surface area contributed by atoms with Gasteiger partial charge < -0.3 is 30.0 Å². The number of alkyl halides is 1. The predicted octanol–water partition coefficient (Wildman–Crippen LogP) is 5.41. The molecular formula is C31H38FN5O5. The first-order valence-corrected chi connectivity index (χ1v) is 14.3. The zero-order chi connectivity index (χ0) is 29.9. The predicted molar refractivity (Wildman–Crippen MR) is 155 cm³/mol. The van der Waals surface area contributed by atoms with E-state index in [-0.39, 0.29) is 48.0 Å². The van der Waals surface area contributed by atoms with Gasteiger partial charge in [0.1, 0.15) is 23.6 Å². The number of nitrogens with two attached hydrogens (primary N) is 1. The average Bonchev–Trinajstić information content (AvgIpc) is 2.92. The van der Waals surface area contributed by atoms with E-state index in [2.05, 4.69) is 15.2 Å². The number of pyridine rings is 1. The molecule has 2 aliphatic rings. The number of piperidine rings is 1. The van der Waals surface area contributed by atoms with Gasteiger partial charge in [0.25, 0.3) is 0 Å². The summed E-state index contributed by atoms with van der Waals surface area (Å²) in [6, 6.07) is 11.7. The number of hydrogen-bond acceptors (Lipinski definition) is 9. The summed E-state index contributed by atoms with van der Waals surface area (Å²) >= 11 is 0. The summed E-state index contributed by atoms with van der Waals surface area (Å²) in [4.78, 5) is 18.3. The Morgan fingerprint density at radius 3 is 2.55 bits per heavy atom. The maximum atomic E-state index is 15.4. The lowest BCUT2D eigenvalue weighted by atomic mass is 9.91. The number of hydrogen-bond donors (Lipinski definition) is 2. The first-order valence-electron chi connectivity index (χ1n) is 14.3. The van der Waals surface area contributed by atoms with Crippen LogP contribution in [-0.4, -0.2) is 68.3 Å². The number of nitrogens with zero attached hydrogens (tertiary/aromatic N) is 4. The number of phenolic OH excluding ortho intramolecular Hbond substituents is 1. The summed E-state index contributed by atoms with van der Waals surface area (Å²) in [6.45, 7) is 6.84. The van der Waals surface area contributed by atoms with Crippen LogP contribution in [0.1, 0.15) is 63.8 Å². The quantitative estimate of drug-likeness (QED) is 0.360. The van der Waals surface area contributed by atoms with E-state index in [0.29, 0.717) is 35.8 Å². The number of aromatic hydroxyl groups is 1. The number of nitrogen functional groups attached to an aromatic ring is 1. The lowest BCUT2D eigenvalue weighted by Gasteiger charge is -2.39. The van der Waals surface area contributed by atoms with Gasteiger partial charge in [-0.05, 0) is 63.4 Å². The monoisotopic (exact) mass is 579 g/mol. The molecule has 0 spiro atoms. The maximum Gasteiger partial charge on any atom is 0.410 e. The summed E-state index contributed by atoms with van der Waals surface area (Å²) in [5.41, 5.74) is 7.16. The number of phenols is 1. The van der Waals surface area contributed by atoms with Gasteiger partial charge in [-0.1, -0.05) is 12.1 Å². The summed E-state index contributed by atoms with van der Waals surface area (Å²) in [6.07, 6.45) is 3.18. The van der Waals surface area contributed by atoms with Crippen LogP contribution in [0.4, 0.5) is 15.0 Å². The van der Waals surface area contributed by atoms with E-state index in [1.165, 1.54) is 12.1 Å². The van der Waals surface area contributed by atoms with Gasteiger partial charge in [-0.25, -0.2) is 14.2 Å². The fourth-order valence-corrected chi connectivity index (χ4v) is 5.12. The minimum Gasteiger partial charge on any atom is -0.507 e. The first-order chi connectivity index (χ1) is 20.0. The number of likely N-dealkylation sites (tertiary alicyclic amines) is 1. The van der Waals surface area contributed by atoms with Crippen molar-refractivity contribution in [1.82, 2.24) is 20.1 Å². The van der Waals surface area contributed by atoms with E-state index in [4.69, 9.17) is 19.9 Å². The second-order valence-electron chi connectivity index (χ2n) is 11.9. The molecule has 1 saturated carbocycles. The van der Waals surface area contributed by atoms with Crippen molar-refractivity contribution in [2.24, 2.45) is 0 Å². The highest BCUT2D eigenvalue weighted by molar-refractivity contribution is 5.68. The molecule has 5 rings (SSSR count). The second-order valence-corrected chi connectivity index (χ2v) is 11.9. The lowest BCUT2D eigenvalue weighted by molar-refractivity contribution is -0.110. The Kier molecular flexibility index (Phi) is 8.77. The van der Waals surface area contributed by atoms with Gasteiger partial charge >= 0.3 is 6.09 Å². The van der Waals surface area contributed by atoms with Crippen molar-refractivity contribution >= 4 is 11.9 Å². The zero-order valence-corrected chi connectivity index (χ0v) is 24.2. The van der Waals surface area contributed by atoms with Crippen LogP contribution >= 0.6 is 0 Å². The third-order valence-corrected chi connectivity index (χ3v) is 7.40. The van der Waals surface area contributed by atoms with Crippen LogP contribution in [0.2, 0.25) is 0 Å². The number of benzene rings is 1. The number of para-hydroxylation sites is 1. The van der Waals surface area contributed by atoms with Crippen LogP contribution in [-0.2, 0) is 15.9 Å². The number of amides is 1. The molecule has 2 aromatic heterocycles. The average molecular weight is 580 g/mol. The zero-order valence-electron chi connectivity index (χ0n) is 24.2. The Bertz CT molecular complexity index is 1390. The van der Waals surface area contributed by atoms with Gasteiger partial charge in [0.15, 0.2) is 5.82 Å². The molecule has 1 aliphatic heterocycles. The molecule has 1 aliphatic carbocycles. The summed E-state index contributed by atoms with van der Waals surface area (Å²) < 4.78 is 33.2. The fraction of sp³-hybridized carbons (Fsp3) is 0.484.